The van der Waals surface area contributed by atoms with Crippen LogP contribution in [0.2, 0.25) is 0 Å². The first-order valence-electron chi connectivity index (χ1n) is 9.63. The molecule has 1 fully saturated rings. The van der Waals surface area contributed by atoms with Crippen LogP contribution in [0.25, 0.3) is 0 Å². The molecule has 3 N–H and O–H groups in total. The molecule has 1 saturated heterocycles. The average molecular weight is 363 g/mol. The van der Waals surface area contributed by atoms with Gasteiger partial charge in [-0.2, -0.15) is 0 Å². The van der Waals surface area contributed by atoms with Crippen LogP contribution in [0, 0.1) is 5.92 Å². The van der Waals surface area contributed by atoms with Crippen LogP contribution in [0.1, 0.15) is 31.7 Å². The molecule has 6 heteroatoms. The molecule has 1 aliphatic heterocycles. The van der Waals surface area contributed by atoms with E-state index in [2.05, 4.69) is 22.1 Å². The summed E-state index contributed by atoms with van der Waals surface area (Å²) in [4.78, 5) is 7.08. The molecule has 0 atom stereocenters. The average Bonchev–Trinajstić information content (AvgIpc) is 2.67. The van der Waals surface area contributed by atoms with Crippen LogP contribution in [0.3, 0.4) is 0 Å². The van der Waals surface area contributed by atoms with Crippen molar-refractivity contribution in [2.24, 2.45) is 16.6 Å². The van der Waals surface area contributed by atoms with Crippen LogP contribution in [0.5, 0.6) is 11.5 Å². The second-order valence-electron chi connectivity index (χ2n) is 6.88. The number of ether oxygens (including phenoxy) is 2. The highest BCUT2D eigenvalue weighted by Gasteiger charge is 2.18. The Morgan fingerprint density at radius 1 is 1.23 bits per heavy atom. The van der Waals surface area contributed by atoms with Gasteiger partial charge in [0.2, 0.25) is 0 Å². The largest absolute Gasteiger partial charge is 0.493 e. The first kappa shape index (κ1) is 20.4. The van der Waals surface area contributed by atoms with Crippen molar-refractivity contribution in [3.05, 3.63) is 23.8 Å². The molecule has 1 aliphatic rings. The first-order valence-corrected chi connectivity index (χ1v) is 9.63. The Kier molecular flexibility index (Phi) is 8.54. The Hall–Kier alpha value is -1.95. The fraction of sp³-hybridized carbons (Fsp3) is 0.650. The van der Waals surface area contributed by atoms with Gasteiger partial charge >= 0.3 is 0 Å². The Labute approximate surface area is 157 Å². The highest BCUT2D eigenvalue weighted by molar-refractivity contribution is 5.77. The number of aliphatic imine (C=N–C) groups is 1. The maximum absolute atomic E-state index is 6.02. The molecule has 1 heterocycles. The number of hydrogen-bond donors (Lipinski definition) is 2. The molecule has 0 aliphatic carbocycles. The molecule has 2 rings (SSSR count). The van der Waals surface area contributed by atoms with Crippen molar-refractivity contribution in [1.82, 2.24) is 10.2 Å². The summed E-state index contributed by atoms with van der Waals surface area (Å²) in [5, 5.41) is 3.21. The molecule has 1 aromatic carbocycles. The summed E-state index contributed by atoms with van der Waals surface area (Å²) in [5.41, 5.74) is 7.19. The van der Waals surface area contributed by atoms with E-state index in [1.54, 1.807) is 14.2 Å². The quantitative estimate of drug-likeness (QED) is 0.521. The van der Waals surface area contributed by atoms with Crippen molar-refractivity contribution in [2.75, 3.05) is 46.9 Å². The van der Waals surface area contributed by atoms with Crippen molar-refractivity contribution in [3.8, 4) is 11.5 Å². The maximum Gasteiger partial charge on any atom is 0.188 e. The molecule has 6 nitrogen and oxygen atoms in total. The number of nitrogens with two attached hydrogens (primary N) is 1. The molecule has 0 unspecified atom stereocenters. The van der Waals surface area contributed by atoms with Gasteiger partial charge < -0.3 is 25.4 Å². The lowest BCUT2D eigenvalue weighted by atomic mass is 9.97. The lowest BCUT2D eigenvalue weighted by molar-refractivity contribution is 0.188. The Bertz CT molecular complexity index is 569. The number of rotatable bonds is 9. The second kappa shape index (κ2) is 10.9. The third-order valence-electron chi connectivity index (χ3n) is 4.93. The molecule has 0 amide bonds. The summed E-state index contributed by atoms with van der Waals surface area (Å²) in [6.45, 7) is 7.43. The molecule has 1 aromatic rings. The van der Waals surface area contributed by atoms with E-state index in [0.717, 1.165) is 31.0 Å². The molecule has 0 saturated carbocycles. The number of methoxy groups -OCH3 is 2. The maximum atomic E-state index is 6.02. The second-order valence-corrected chi connectivity index (χ2v) is 6.88. The van der Waals surface area contributed by atoms with Gasteiger partial charge in [0.25, 0.3) is 0 Å². The van der Waals surface area contributed by atoms with Gasteiger partial charge in [-0.15, -0.1) is 0 Å². The normalized spacial score (nSPS) is 16.5. The lowest BCUT2D eigenvalue weighted by Crippen LogP contribution is -2.36. The molecule has 0 radical (unpaired) electrons. The number of benzene rings is 1. The zero-order valence-electron chi connectivity index (χ0n) is 16.5. The van der Waals surface area contributed by atoms with Gasteiger partial charge in [0.1, 0.15) is 0 Å². The number of hydrogen-bond acceptors (Lipinski definition) is 4. The number of likely N-dealkylation sites (tertiary alicyclic amines) is 1. The predicted octanol–water partition coefficient (Wildman–Crippen LogP) is 2.27. The molecule has 0 aromatic heterocycles. The van der Waals surface area contributed by atoms with Gasteiger partial charge in [0.15, 0.2) is 17.5 Å². The zero-order chi connectivity index (χ0) is 18.8. The van der Waals surface area contributed by atoms with E-state index in [9.17, 15) is 0 Å². The first-order chi connectivity index (χ1) is 12.7. The fourth-order valence-electron chi connectivity index (χ4n) is 3.36. The third-order valence-corrected chi connectivity index (χ3v) is 4.93. The molecule has 0 bridgehead atoms. The van der Waals surface area contributed by atoms with E-state index < -0.39 is 0 Å². The highest BCUT2D eigenvalue weighted by Crippen LogP contribution is 2.27. The highest BCUT2D eigenvalue weighted by atomic mass is 16.5. The van der Waals surface area contributed by atoms with Crippen LogP contribution in [-0.4, -0.2) is 57.8 Å². The molecule has 26 heavy (non-hydrogen) atoms. The summed E-state index contributed by atoms with van der Waals surface area (Å²) in [6, 6.07) is 5.97. The summed E-state index contributed by atoms with van der Waals surface area (Å²) in [7, 11) is 3.29. The Morgan fingerprint density at radius 2 is 1.96 bits per heavy atom. The van der Waals surface area contributed by atoms with Crippen molar-refractivity contribution in [3.63, 3.8) is 0 Å². The van der Waals surface area contributed by atoms with Gasteiger partial charge in [0.05, 0.1) is 14.2 Å². The van der Waals surface area contributed by atoms with E-state index in [-0.39, 0.29) is 0 Å². The number of nitrogens with one attached hydrogen (secondary N) is 1. The van der Waals surface area contributed by atoms with Gasteiger partial charge in [-0.05, 0) is 68.9 Å². The minimum absolute atomic E-state index is 0.543. The van der Waals surface area contributed by atoms with Crippen molar-refractivity contribution in [1.29, 1.82) is 0 Å². The lowest BCUT2D eigenvalue weighted by Gasteiger charge is -2.30. The van der Waals surface area contributed by atoms with Gasteiger partial charge in [-0.25, -0.2) is 0 Å². The van der Waals surface area contributed by atoms with Crippen molar-refractivity contribution >= 4 is 5.96 Å². The molecular formula is C20H34N4O2. The van der Waals surface area contributed by atoms with Crippen molar-refractivity contribution < 1.29 is 9.47 Å². The summed E-state index contributed by atoms with van der Waals surface area (Å²) < 4.78 is 10.6. The summed E-state index contributed by atoms with van der Waals surface area (Å²) in [5.74, 6) is 2.70. The monoisotopic (exact) mass is 362 g/mol. The zero-order valence-corrected chi connectivity index (χ0v) is 16.5. The van der Waals surface area contributed by atoms with E-state index in [0.29, 0.717) is 11.9 Å². The number of guanidine groups is 1. The van der Waals surface area contributed by atoms with Crippen LogP contribution >= 0.6 is 0 Å². The van der Waals surface area contributed by atoms with E-state index in [1.807, 2.05) is 18.2 Å². The van der Waals surface area contributed by atoms with Crippen LogP contribution in [0.4, 0.5) is 0 Å². The predicted molar refractivity (Wildman–Crippen MR) is 107 cm³/mol. The minimum Gasteiger partial charge on any atom is -0.493 e. The molecular weight excluding hydrogens is 328 g/mol. The minimum atomic E-state index is 0.543. The number of piperidine rings is 1. The van der Waals surface area contributed by atoms with Crippen LogP contribution < -0.4 is 20.5 Å². The van der Waals surface area contributed by atoms with Crippen LogP contribution in [-0.2, 0) is 6.42 Å². The fourth-order valence-corrected chi connectivity index (χ4v) is 3.36. The SMILES string of the molecule is CCCN1CCC(CN=C(N)NCCc2ccc(OC)c(OC)c2)CC1. The standard InChI is InChI=1S/C20H34N4O2/c1-4-11-24-12-8-17(9-13-24)15-23-20(21)22-10-7-16-5-6-18(25-2)19(14-16)26-3/h5-6,14,17H,4,7-13,15H2,1-3H3,(H3,21,22,23). The van der Waals surface area contributed by atoms with Crippen molar-refractivity contribution in [2.45, 2.75) is 32.6 Å². The van der Waals surface area contributed by atoms with Crippen LogP contribution in [0.15, 0.2) is 23.2 Å². The Balaban J connectivity index is 1.70. The van der Waals surface area contributed by atoms with E-state index in [4.69, 9.17) is 15.2 Å². The van der Waals surface area contributed by atoms with E-state index in [1.165, 1.54) is 44.5 Å². The van der Waals surface area contributed by atoms with Gasteiger partial charge in [0, 0.05) is 13.1 Å². The number of nitrogens with zero attached hydrogens (tertiary/aromatic N) is 2. The Morgan fingerprint density at radius 3 is 2.62 bits per heavy atom. The third kappa shape index (κ3) is 6.41. The summed E-state index contributed by atoms with van der Waals surface area (Å²) in [6.07, 6.45) is 4.54. The molecule has 0 spiro atoms. The smallest absolute Gasteiger partial charge is 0.188 e. The molecule has 146 valence electrons. The van der Waals surface area contributed by atoms with Gasteiger partial charge in [-0.1, -0.05) is 13.0 Å². The topological polar surface area (TPSA) is 72.1 Å². The summed E-state index contributed by atoms with van der Waals surface area (Å²) >= 11 is 0. The van der Waals surface area contributed by atoms with E-state index >= 15 is 0 Å². The van der Waals surface area contributed by atoms with Gasteiger partial charge in [-0.3, -0.25) is 4.99 Å².